The monoisotopic (exact) mass is 336 g/mol. The second-order valence-corrected chi connectivity index (χ2v) is 4.00. The SMILES string of the molecule is Cn1nc(C(F)(F)F)c(CBr)c1OC(CF)CF. The highest BCUT2D eigenvalue weighted by Gasteiger charge is 2.39. The molecule has 0 unspecified atom stereocenters. The van der Waals surface area contributed by atoms with Crippen LogP contribution in [0.5, 0.6) is 5.88 Å². The highest BCUT2D eigenvalue weighted by molar-refractivity contribution is 9.08. The van der Waals surface area contributed by atoms with E-state index in [0.717, 1.165) is 4.68 Å². The Kier molecular flexibility index (Phi) is 4.94. The average molecular weight is 337 g/mol. The fourth-order valence-electron chi connectivity index (χ4n) is 1.31. The molecule has 0 aliphatic carbocycles. The largest absolute Gasteiger partial charge is 0.469 e. The smallest absolute Gasteiger partial charge is 0.435 e. The van der Waals surface area contributed by atoms with Crippen molar-refractivity contribution in [2.24, 2.45) is 7.05 Å². The molecule has 1 heterocycles. The second-order valence-electron chi connectivity index (χ2n) is 3.44. The molecule has 0 aliphatic heterocycles. The van der Waals surface area contributed by atoms with E-state index >= 15 is 0 Å². The molecule has 0 amide bonds. The van der Waals surface area contributed by atoms with Crippen molar-refractivity contribution >= 4 is 15.9 Å². The minimum absolute atomic E-state index is 0.184. The molecule has 0 saturated heterocycles. The Hall–Kier alpha value is -0.860. The first-order valence-corrected chi connectivity index (χ1v) is 5.94. The molecular weight excluding hydrogens is 327 g/mol. The van der Waals surface area contributed by atoms with Crippen LogP contribution in [0, 0.1) is 0 Å². The van der Waals surface area contributed by atoms with Gasteiger partial charge in [-0.25, -0.2) is 13.5 Å². The van der Waals surface area contributed by atoms with Crippen molar-refractivity contribution < 1.29 is 26.7 Å². The zero-order valence-electron chi connectivity index (χ0n) is 9.27. The van der Waals surface area contributed by atoms with Crippen molar-refractivity contribution in [1.82, 2.24) is 9.78 Å². The number of nitrogens with zero attached hydrogens (tertiary/aromatic N) is 2. The summed E-state index contributed by atoms with van der Waals surface area (Å²) in [5, 5.41) is 3.08. The maximum absolute atomic E-state index is 12.6. The van der Waals surface area contributed by atoms with E-state index < -0.39 is 31.3 Å². The van der Waals surface area contributed by atoms with Gasteiger partial charge < -0.3 is 4.74 Å². The van der Waals surface area contributed by atoms with E-state index in [1.54, 1.807) is 0 Å². The predicted octanol–water partition coefficient (Wildman–Crippen LogP) is 3.02. The van der Waals surface area contributed by atoms with E-state index in [-0.39, 0.29) is 16.8 Å². The lowest BCUT2D eigenvalue weighted by Crippen LogP contribution is -2.23. The standard InChI is InChI=1S/C9H10BrF5N2O/c1-17-8(18-5(3-11)4-12)6(2-10)7(16-17)9(13,14)15/h5H,2-4H2,1H3. The van der Waals surface area contributed by atoms with Gasteiger partial charge in [0.25, 0.3) is 0 Å². The number of aryl methyl sites for hydroxylation is 1. The third-order valence-electron chi connectivity index (χ3n) is 2.11. The number of rotatable bonds is 5. The Morgan fingerprint density at radius 2 is 1.89 bits per heavy atom. The van der Waals surface area contributed by atoms with E-state index in [1.807, 2.05) is 0 Å². The normalized spacial score (nSPS) is 12.2. The average Bonchev–Trinajstić information content (AvgIpc) is 2.62. The zero-order valence-corrected chi connectivity index (χ0v) is 10.9. The van der Waals surface area contributed by atoms with Gasteiger partial charge in [0.2, 0.25) is 5.88 Å². The first kappa shape index (κ1) is 15.2. The number of hydrogen-bond donors (Lipinski definition) is 0. The summed E-state index contributed by atoms with van der Waals surface area (Å²) in [5.74, 6) is -0.292. The summed E-state index contributed by atoms with van der Waals surface area (Å²) in [4.78, 5) is 0. The van der Waals surface area contributed by atoms with Gasteiger partial charge in [-0.2, -0.15) is 18.3 Å². The topological polar surface area (TPSA) is 27.1 Å². The van der Waals surface area contributed by atoms with Crippen molar-refractivity contribution in [2.45, 2.75) is 17.6 Å². The molecule has 0 bridgehead atoms. The van der Waals surface area contributed by atoms with Crippen molar-refractivity contribution in [1.29, 1.82) is 0 Å². The predicted molar refractivity (Wildman–Crippen MR) is 57.2 cm³/mol. The molecule has 1 aromatic rings. The van der Waals surface area contributed by atoms with Gasteiger partial charge in [-0.15, -0.1) is 0 Å². The molecule has 0 aromatic carbocycles. The lowest BCUT2D eigenvalue weighted by molar-refractivity contribution is -0.141. The molecule has 0 N–H and O–H groups in total. The summed E-state index contributed by atoms with van der Waals surface area (Å²) in [6.07, 6.45) is -6.08. The second kappa shape index (κ2) is 5.85. The van der Waals surface area contributed by atoms with Crippen LogP contribution in [0.3, 0.4) is 0 Å². The summed E-state index contributed by atoms with van der Waals surface area (Å²) in [6.45, 7) is -2.27. The molecule has 0 aliphatic rings. The van der Waals surface area contributed by atoms with Gasteiger partial charge >= 0.3 is 6.18 Å². The van der Waals surface area contributed by atoms with E-state index in [9.17, 15) is 22.0 Å². The van der Waals surface area contributed by atoms with E-state index in [2.05, 4.69) is 21.0 Å². The minimum atomic E-state index is -4.65. The Morgan fingerprint density at radius 1 is 1.33 bits per heavy atom. The molecule has 0 spiro atoms. The third-order valence-corrected chi connectivity index (χ3v) is 2.67. The Labute approximate surface area is 108 Å². The molecule has 18 heavy (non-hydrogen) atoms. The Bertz CT molecular complexity index is 402. The Balaban J connectivity index is 3.16. The van der Waals surface area contributed by atoms with E-state index in [1.165, 1.54) is 7.05 Å². The van der Waals surface area contributed by atoms with E-state index in [4.69, 9.17) is 4.74 Å². The van der Waals surface area contributed by atoms with Gasteiger partial charge in [-0.05, 0) is 0 Å². The number of halogens is 6. The van der Waals surface area contributed by atoms with E-state index in [0.29, 0.717) is 0 Å². The lowest BCUT2D eigenvalue weighted by atomic mass is 10.2. The highest BCUT2D eigenvalue weighted by Crippen LogP contribution is 2.36. The lowest BCUT2D eigenvalue weighted by Gasteiger charge is -2.13. The first-order valence-electron chi connectivity index (χ1n) is 4.82. The number of alkyl halides is 6. The van der Waals surface area contributed by atoms with Crippen LogP contribution in [-0.2, 0) is 18.6 Å². The maximum Gasteiger partial charge on any atom is 0.435 e. The van der Waals surface area contributed by atoms with Crippen LogP contribution < -0.4 is 4.74 Å². The number of hydrogen-bond acceptors (Lipinski definition) is 2. The van der Waals surface area contributed by atoms with Crippen LogP contribution in [0.4, 0.5) is 22.0 Å². The Morgan fingerprint density at radius 3 is 2.28 bits per heavy atom. The van der Waals surface area contributed by atoms with Crippen molar-refractivity contribution in [3.05, 3.63) is 11.3 Å². The molecule has 104 valence electrons. The molecule has 0 radical (unpaired) electrons. The number of aromatic nitrogens is 2. The van der Waals surface area contributed by atoms with Crippen LogP contribution in [0.25, 0.3) is 0 Å². The molecule has 9 heteroatoms. The van der Waals surface area contributed by atoms with Gasteiger partial charge in [-0.3, -0.25) is 0 Å². The van der Waals surface area contributed by atoms with Crippen molar-refractivity contribution in [2.75, 3.05) is 13.3 Å². The van der Waals surface area contributed by atoms with Gasteiger partial charge in [0.05, 0.1) is 5.56 Å². The quantitative estimate of drug-likeness (QED) is 0.610. The van der Waals surface area contributed by atoms with Crippen LogP contribution in [0.1, 0.15) is 11.3 Å². The fraction of sp³-hybridized carbons (Fsp3) is 0.667. The molecular formula is C9H10BrF5N2O. The zero-order chi connectivity index (χ0) is 13.9. The van der Waals surface area contributed by atoms with Gasteiger partial charge in [-0.1, -0.05) is 15.9 Å². The van der Waals surface area contributed by atoms with Gasteiger partial charge in [0, 0.05) is 12.4 Å². The third kappa shape index (κ3) is 3.12. The summed E-state index contributed by atoms with van der Waals surface area (Å²) in [7, 11) is 1.21. The molecule has 0 atom stereocenters. The van der Waals surface area contributed by atoms with Crippen LogP contribution in [0.2, 0.25) is 0 Å². The summed E-state index contributed by atoms with van der Waals surface area (Å²) in [6, 6.07) is 0. The van der Waals surface area contributed by atoms with Gasteiger partial charge in [0.15, 0.2) is 11.8 Å². The summed E-state index contributed by atoms with van der Waals surface area (Å²) >= 11 is 2.88. The minimum Gasteiger partial charge on any atom is -0.469 e. The van der Waals surface area contributed by atoms with Crippen molar-refractivity contribution in [3.8, 4) is 5.88 Å². The molecule has 0 fully saturated rings. The van der Waals surface area contributed by atoms with Crippen molar-refractivity contribution in [3.63, 3.8) is 0 Å². The highest BCUT2D eigenvalue weighted by atomic mass is 79.9. The van der Waals surface area contributed by atoms with Crippen LogP contribution >= 0.6 is 15.9 Å². The summed E-state index contributed by atoms with van der Waals surface area (Å²) < 4.78 is 68.2. The molecule has 0 saturated carbocycles. The fourth-order valence-corrected chi connectivity index (χ4v) is 1.82. The summed E-state index contributed by atoms with van der Waals surface area (Å²) in [5.41, 5.74) is -1.41. The van der Waals surface area contributed by atoms with Crippen LogP contribution in [0.15, 0.2) is 0 Å². The van der Waals surface area contributed by atoms with Gasteiger partial charge in [0.1, 0.15) is 13.3 Å². The molecule has 1 rings (SSSR count). The maximum atomic E-state index is 12.6. The molecule has 3 nitrogen and oxygen atoms in total. The first-order chi connectivity index (χ1) is 8.35. The molecule has 1 aromatic heterocycles. The number of ether oxygens (including phenoxy) is 1. The van der Waals surface area contributed by atoms with Crippen LogP contribution in [-0.4, -0.2) is 29.2 Å².